The van der Waals surface area contributed by atoms with Gasteiger partial charge in [0.1, 0.15) is 5.60 Å². The fourth-order valence-corrected chi connectivity index (χ4v) is 5.22. The third-order valence-corrected chi connectivity index (χ3v) is 6.85. The van der Waals surface area contributed by atoms with E-state index in [2.05, 4.69) is 22.0 Å². The molecule has 0 spiro atoms. The van der Waals surface area contributed by atoms with Crippen LogP contribution >= 0.6 is 11.3 Å². The zero-order valence-electron chi connectivity index (χ0n) is 20.4. The van der Waals surface area contributed by atoms with Crippen molar-refractivity contribution >= 4 is 50.1 Å². The summed E-state index contributed by atoms with van der Waals surface area (Å²) in [6.07, 6.45) is 1.25. The van der Waals surface area contributed by atoms with E-state index in [1.165, 1.54) is 5.56 Å². The Morgan fingerprint density at radius 2 is 1.69 bits per heavy atom. The monoisotopic (exact) mass is 500 g/mol. The molecule has 1 aliphatic rings. The molecule has 0 saturated carbocycles. The highest BCUT2D eigenvalue weighted by Gasteiger charge is 2.25. The van der Waals surface area contributed by atoms with Crippen molar-refractivity contribution in [1.82, 2.24) is 4.98 Å². The lowest BCUT2D eigenvalue weighted by Gasteiger charge is -2.20. The number of benzene rings is 3. The maximum Gasteiger partial charge on any atom is 0.412 e. The van der Waals surface area contributed by atoms with E-state index in [1.54, 1.807) is 56.4 Å². The Labute approximate surface area is 213 Å². The Morgan fingerprint density at radius 1 is 0.972 bits per heavy atom. The van der Waals surface area contributed by atoms with Gasteiger partial charge in [-0.15, -0.1) is 0 Å². The van der Waals surface area contributed by atoms with Crippen LogP contribution < -0.4 is 16.0 Å². The van der Waals surface area contributed by atoms with Crippen LogP contribution in [0.2, 0.25) is 0 Å². The molecule has 0 saturated heterocycles. The molecular formula is C28H28N4O3S. The van der Waals surface area contributed by atoms with E-state index in [4.69, 9.17) is 9.72 Å². The number of para-hydroxylation sites is 3. The standard InChI is InChI=1S/C28H28N4O3S/c1-28(2,3)35-27(34)32-22-9-5-4-8-21(22)29-25(33)18-12-14-19-17(16-18)13-15-20(19)30-26-31-23-10-6-7-11-24(23)36-26/h4-12,14,16,20H,13,15H2,1-3H3,(H,29,33)(H,30,31)(H,32,34). The molecule has 3 N–H and O–H groups in total. The van der Waals surface area contributed by atoms with E-state index in [0.717, 1.165) is 33.8 Å². The summed E-state index contributed by atoms with van der Waals surface area (Å²) in [6, 6.07) is 21.2. The van der Waals surface area contributed by atoms with Gasteiger partial charge in [0.15, 0.2) is 5.13 Å². The molecule has 7 nitrogen and oxygen atoms in total. The molecule has 3 aromatic carbocycles. The first kappa shape index (κ1) is 23.8. The van der Waals surface area contributed by atoms with Gasteiger partial charge in [0.25, 0.3) is 5.91 Å². The summed E-state index contributed by atoms with van der Waals surface area (Å²) in [5.41, 5.74) is 4.27. The summed E-state index contributed by atoms with van der Waals surface area (Å²) >= 11 is 1.65. The van der Waals surface area contributed by atoms with Gasteiger partial charge < -0.3 is 15.4 Å². The minimum absolute atomic E-state index is 0.163. The highest BCUT2D eigenvalue weighted by Crippen LogP contribution is 2.36. The van der Waals surface area contributed by atoms with Gasteiger partial charge in [-0.2, -0.15) is 0 Å². The number of ether oxygens (including phenoxy) is 1. The quantitative estimate of drug-likeness (QED) is 0.274. The highest BCUT2D eigenvalue weighted by atomic mass is 32.1. The van der Waals surface area contributed by atoms with Crippen molar-refractivity contribution in [2.45, 2.75) is 45.3 Å². The number of amides is 2. The Kier molecular flexibility index (Phi) is 6.36. The second-order valence-corrected chi connectivity index (χ2v) is 10.8. The van der Waals surface area contributed by atoms with E-state index in [1.807, 2.05) is 36.4 Å². The van der Waals surface area contributed by atoms with Crippen LogP contribution in [-0.2, 0) is 11.2 Å². The Balaban J connectivity index is 1.28. The molecule has 4 aromatic rings. The topological polar surface area (TPSA) is 92.4 Å². The van der Waals surface area contributed by atoms with E-state index < -0.39 is 11.7 Å². The fourth-order valence-electron chi connectivity index (χ4n) is 4.30. The van der Waals surface area contributed by atoms with E-state index in [-0.39, 0.29) is 11.9 Å². The second kappa shape index (κ2) is 9.62. The number of thiazole rings is 1. The summed E-state index contributed by atoms with van der Waals surface area (Å²) in [4.78, 5) is 30.0. The van der Waals surface area contributed by atoms with Crippen molar-refractivity contribution < 1.29 is 14.3 Å². The number of rotatable bonds is 5. The number of aryl methyl sites for hydroxylation is 1. The number of aromatic nitrogens is 1. The first-order valence-corrected chi connectivity index (χ1v) is 12.7. The summed E-state index contributed by atoms with van der Waals surface area (Å²) in [6.45, 7) is 5.40. The molecule has 2 amide bonds. The van der Waals surface area contributed by atoms with Crippen molar-refractivity contribution in [2.24, 2.45) is 0 Å². The average molecular weight is 501 g/mol. The van der Waals surface area contributed by atoms with Crippen LogP contribution in [0.1, 0.15) is 54.7 Å². The molecular weight excluding hydrogens is 472 g/mol. The molecule has 0 bridgehead atoms. The molecule has 1 heterocycles. The largest absolute Gasteiger partial charge is 0.444 e. The van der Waals surface area contributed by atoms with Crippen LogP contribution in [0, 0.1) is 0 Å². The molecule has 36 heavy (non-hydrogen) atoms. The molecule has 0 aliphatic heterocycles. The maximum absolute atomic E-state index is 13.1. The number of hydrogen-bond acceptors (Lipinski definition) is 6. The number of hydrogen-bond donors (Lipinski definition) is 3. The lowest BCUT2D eigenvalue weighted by molar-refractivity contribution is 0.0635. The zero-order valence-corrected chi connectivity index (χ0v) is 21.2. The van der Waals surface area contributed by atoms with E-state index in [0.29, 0.717) is 16.9 Å². The van der Waals surface area contributed by atoms with Gasteiger partial charge in [0.05, 0.1) is 27.6 Å². The van der Waals surface area contributed by atoms with Gasteiger partial charge in [-0.3, -0.25) is 10.1 Å². The molecule has 1 aromatic heterocycles. The van der Waals surface area contributed by atoms with Crippen LogP contribution in [-0.4, -0.2) is 22.6 Å². The van der Waals surface area contributed by atoms with Crippen LogP contribution in [0.4, 0.5) is 21.3 Å². The van der Waals surface area contributed by atoms with Gasteiger partial charge in [-0.25, -0.2) is 9.78 Å². The van der Waals surface area contributed by atoms with Gasteiger partial charge in [0.2, 0.25) is 0 Å². The highest BCUT2D eigenvalue weighted by molar-refractivity contribution is 7.22. The van der Waals surface area contributed by atoms with E-state index in [9.17, 15) is 9.59 Å². The van der Waals surface area contributed by atoms with Crippen LogP contribution in [0.3, 0.4) is 0 Å². The molecule has 5 rings (SSSR count). The third-order valence-electron chi connectivity index (χ3n) is 5.89. The number of nitrogens with one attached hydrogen (secondary N) is 3. The Morgan fingerprint density at radius 3 is 2.44 bits per heavy atom. The Hall–Kier alpha value is -3.91. The van der Waals surface area contributed by atoms with Crippen LogP contribution in [0.5, 0.6) is 0 Å². The second-order valence-electron chi connectivity index (χ2n) is 9.76. The number of fused-ring (bicyclic) bond motifs is 2. The number of carbonyl (C=O) groups is 2. The minimum atomic E-state index is -0.619. The predicted octanol–water partition coefficient (Wildman–Crippen LogP) is 7.00. The first-order chi connectivity index (χ1) is 17.2. The SMILES string of the molecule is CC(C)(C)OC(=O)Nc1ccccc1NC(=O)c1ccc2c(c1)CCC2Nc1nc2ccccc2s1. The molecule has 184 valence electrons. The first-order valence-electron chi connectivity index (χ1n) is 11.9. The van der Waals surface area contributed by atoms with Gasteiger partial charge >= 0.3 is 6.09 Å². The van der Waals surface area contributed by atoms with Crippen LogP contribution in [0.15, 0.2) is 66.7 Å². The smallest absolute Gasteiger partial charge is 0.412 e. The molecule has 1 atom stereocenters. The van der Waals surface area contributed by atoms with Crippen LogP contribution in [0.25, 0.3) is 10.2 Å². The predicted molar refractivity (Wildman–Crippen MR) is 145 cm³/mol. The Bertz CT molecular complexity index is 1410. The van der Waals surface area contributed by atoms with Gasteiger partial charge in [-0.05, 0) is 81.1 Å². The zero-order chi connectivity index (χ0) is 25.3. The van der Waals surface area contributed by atoms with Gasteiger partial charge in [-0.1, -0.05) is 41.7 Å². The number of carbonyl (C=O) groups excluding carboxylic acids is 2. The van der Waals surface area contributed by atoms with Crippen molar-refractivity contribution in [3.05, 3.63) is 83.4 Å². The summed E-state index contributed by atoms with van der Waals surface area (Å²) in [5, 5.41) is 10.1. The fraction of sp³-hybridized carbons (Fsp3) is 0.250. The van der Waals surface area contributed by atoms with Crippen molar-refractivity contribution in [2.75, 3.05) is 16.0 Å². The third kappa shape index (κ3) is 5.33. The minimum Gasteiger partial charge on any atom is -0.444 e. The van der Waals surface area contributed by atoms with Crippen molar-refractivity contribution in [3.8, 4) is 0 Å². The number of anilines is 3. The lowest BCUT2D eigenvalue weighted by atomic mass is 10.0. The molecule has 1 unspecified atom stereocenters. The van der Waals surface area contributed by atoms with Gasteiger partial charge in [0, 0.05) is 5.56 Å². The molecule has 8 heteroatoms. The van der Waals surface area contributed by atoms with E-state index >= 15 is 0 Å². The normalized spacial score (nSPS) is 14.8. The summed E-state index contributed by atoms with van der Waals surface area (Å²) in [7, 11) is 0. The molecule has 0 fully saturated rings. The summed E-state index contributed by atoms with van der Waals surface area (Å²) < 4.78 is 6.49. The number of nitrogens with zero attached hydrogens (tertiary/aromatic N) is 1. The maximum atomic E-state index is 13.1. The van der Waals surface area contributed by atoms with Crippen molar-refractivity contribution in [3.63, 3.8) is 0 Å². The molecule has 0 radical (unpaired) electrons. The van der Waals surface area contributed by atoms with Crippen molar-refractivity contribution in [1.29, 1.82) is 0 Å². The summed E-state index contributed by atoms with van der Waals surface area (Å²) in [5.74, 6) is -0.237. The lowest BCUT2D eigenvalue weighted by Crippen LogP contribution is -2.27. The molecule has 1 aliphatic carbocycles. The average Bonchev–Trinajstić information content (AvgIpc) is 3.42.